The molecule has 1 aromatic heterocycles. The monoisotopic (exact) mass is 471 g/mol. The predicted octanol–water partition coefficient (Wildman–Crippen LogP) is 1.12. The van der Waals surface area contributed by atoms with Crippen LogP contribution in [0.4, 0.5) is 5.69 Å². The summed E-state index contributed by atoms with van der Waals surface area (Å²) in [7, 11) is 3.25. The van der Waals surface area contributed by atoms with Crippen LogP contribution in [0.25, 0.3) is 10.9 Å². The van der Waals surface area contributed by atoms with Gasteiger partial charge in [-0.15, -0.1) is 12.4 Å². The number of nitrogens with zero attached hydrogens (tertiary/aromatic N) is 4. The number of nitriles is 1. The molecule has 0 fully saturated rings. The quantitative estimate of drug-likeness (QED) is 0.508. The Kier molecular flexibility index (Phi) is 8.94. The first-order valence-electron chi connectivity index (χ1n) is 10.1. The molecule has 0 saturated heterocycles. The van der Waals surface area contributed by atoms with Crippen molar-refractivity contribution in [2.45, 2.75) is 19.1 Å². The summed E-state index contributed by atoms with van der Waals surface area (Å²) >= 11 is 0. The second kappa shape index (κ2) is 11.4. The molecule has 3 rings (SSSR count). The Morgan fingerprint density at radius 2 is 1.85 bits per heavy atom. The van der Waals surface area contributed by atoms with Crippen molar-refractivity contribution in [2.24, 2.45) is 7.05 Å². The van der Waals surface area contributed by atoms with Crippen LogP contribution in [0, 0.1) is 11.3 Å². The molecule has 1 unspecified atom stereocenters. The number of carbonyl (C=O) groups excluding carboxylic acids is 1. The van der Waals surface area contributed by atoms with E-state index in [2.05, 4.69) is 11.4 Å². The molecule has 0 aliphatic heterocycles. The number of carbonyl (C=O) groups is 1. The number of aromatic nitrogens is 2. The average Bonchev–Trinajstić information content (AvgIpc) is 2.76. The van der Waals surface area contributed by atoms with Crippen LogP contribution >= 0.6 is 12.4 Å². The van der Waals surface area contributed by atoms with E-state index < -0.39 is 17.4 Å². The number of fused-ring (bicyclic) bond motifs is 1. The van der Waals surface area contributed by atoms with Gasteiger partial charge in [-0.2, -0.15) is 5.26 Å². The third-order valence-corrected chi connectivity index (χ3v) is 5.11. The summed E-state index contributed by atoms with van der Waals surface area (Å²) in [6, 6.07) is 15.9. The number of likely N-dealkylation sites (N-methyl/N-ethyl adjacent to an activating group) is 1. The van der Waals surface area contributed by atoms with Crippen LogP contribution in [-0.2, 0) is 24.8 Å². The number of anilines is 1. The molecular formula is C23H26ClN5O4. The van der Waals surface area contributed by atoms with Crippen molar-refractivity contribution in [1.82, 2.24) is 14.0 Å². The molecule has 0 aliphatic carbocycles. The van der Waals surface area contributed by atoms with Crippen molar-refractivity contribution >= 4 is 34.9 Å². The Morgan fingerprint density at radius 3 is 2.52 bits per heavy atom. The Bertz CT molecular complexity index is 1280. The molecule has 2 N–H and O–H groups in total. The molecule has 1 amide bonds. The number of hydrogen-bond acceptors (Lipinski definition) is 6. The number of aliphatic hydroxyl groups is 1. The third-order valence-electron chi connectivity index (χ3n) is 5.11. The number of aliphatic hydroxyl groups excluding tert-OH is 1. The van der Waals surface area contributed by atoms with Gasteiger partial charge in [-0.05, 0) is 36.9 Å². The Labute approximate surface area is 196 Å². The van der Waals surface area contributed by atoms with Crippen LogP contribution in [0.3, 0.4) is 0 Å². The van der Waals surface area contributed by atoms with Crippen molar-refractivity contribution in [3.05, 3.63) is 74.9 Å². The summed E-state index contributed by atoms with van der Waals surface area (Å²) in [4.78, 5) is 39.2. The number of halogens is 1. The summed E-state index contributed by atoms with van der Waals surface area (Å²) in [5, 5.41) is 22.3. The number of amides is 1. The first kappa shape index (κ1) is 25.8. The van der Waals surface area contributed by atoms with Crippen LogP contribution in [-0.4, -0.2) is 51.3 Å². The molecule has 3 aromatic rings. The summed E-state index contributed by atoms with van der Waals surface area (Å²) < 4.78 is 2.40. The average molecular weight is 472 g/mol. The van der Waals surface area contributed by atoms with Gasteiger partial charge in [0.25, 0.3) is 5.56 Å². The zero-order valence-electron chi connectivity index (χ0n) is 18.4. The fourth-order valence-corrected chi connectivity index (χ4v) is 3.56. The van der Waals surface area contributed by atoms with Gasteiger partial charge in [0.1, 0.15) is 0 Å². The van der Waals surface area contributed by atoms with Gasteiger partial charge in [-0.25, -0.2) is 4.79 Å². The first-order chi connectivity index (χ1) is 15.3. The van der Waals surface area contributed by atoms with Gasteiger partial charge in [-0.1, -0.05) is 24.3 Å². The third kappa shape index (κ3) is 6.29. The minimum atomic E-state index is -1.02. The smallest absolute Gasteiger partial charge is 0.331 e. The zero-order chi connectivity index (χ0) is 23.3. The Hall–Kier alpha value is -3.45. The molecule has 174 valence electrons. The molecule has 0 radical (unpaired) electrons. The van der Waals surface area contributed by atoms with Crippen LogP contribution in [0.15, 0.2) is 58.1 Å². The summed E-state index contributed by atoms with van der Waals surface area (Å²) in [5.41, 5.74) is 1.04. The van der Waals surface area contributed by atoms with Gasteiger partial charge in [0.05, 0.1) is 42.6 Å². The topological polar surface area (TPSA) is 120 Å². The number of hydrogen-bond donors (Lipinski definition) is 2. The van der Waals surface area contributed by atoms with E-state index in [4.69, 9.17) is 5.26 Å². The number of rotatable bonds is 8. The largest absolute Gasteiger partial charge is 0.390 e. The number of nitrogens with one attached hydrogen (secondary N) is 1. The maximum atomic E-state index is 12.7. The summed E-state index contributed by atoms with van der Waals surface area (Å²) in [5.74, 6) is -0.272. The second-order valence-corrected chi connectivity index (χ2v) is 7.71. The maximum Gasteiger partial charge on any atom is 0.331 e. The molecule has 0 spiro atoms. The molecule has 0 bridgehead atoms. The van der Waals surface area contributed by atoms with Gasteiger partial charge in [0, 0.05) is 19.3 Å². The van der Waals surface area contributed by atoms with E-state index in [1.165, 1.54) is 4.57 Å². The van der Waals surface area contributed by atoms with E-state index in [0.29, 0.717) is 23.0 Å². The fourth-order valence-electron chi connectivity index (χ4n) is 3.56. The van der Waals surface area contributed by atoms with Gasteiger partial charge >= 0.3 is 5.69 Å². The van der Waals surface area contributed by atoms with Crippen LogP contribution in [0.2, 0.25) is 0 Å². The number of benzene rings is 2. The van der Waals surface area contributed by atoms with E-state index in [0.717, 1.165) is 10.1 Å². The number of para-hydroxylation sites is 1. The van der Waals surface area contributed by atoms with E-state index in [1.54, 1.807) is 67.5 Å². The van der Waals surface area contributed by atoms with Crippen LogP contribution in [0.5, 0.6) is 0 Å². The highest BCUT2D eigenvalue weighted by molar-refractivity contribution is 5.92. The van der Waals surface area contributed by atoms with Gasteiger partial charge in [0.15, 0.2) is 0 Å². The van der Waals surface area contributed by atoms with E-state index >= 15 is 0 Å². The maximum absolute atomic E-state index is 12.7. The first-order valence-corrected chi connectivity index (χ1v) is 10.1. The van der Waals surface area contributed by atoms with E-state index in [9.17, 15) is 19.5 Å². The molecule has 0 saturated carbocycles. The number of aryl methyl sites for hydroxylation is 1. The van der Waals surface area contributed by atoms with Crippen molar-refractivity contribution in [1.29, 1.82) is 5.26 Å². The highest BCUT2D eigenvalue weighted by Crippen LogP contribution is 2.10. The standard InChI is InChI=1S/C23H25N5O4.ClH/c1-26(15-21(30)25-17-9-7-16(8-10-17)11-12-24)13-18(29)14-28-22(31)19-5-3-4-6-20(19)27(2)23(28)32;/h3-10,18,29H,11,13-15H2,1-2H3,(H,25,30);1H. The highest BCUT2D eigenvalue weighted by atomic mass is 35.5. The predicted molar refractivity (Wildman–Crippen MR) is 129 cm³/mol. The molecule has 0 aliphatic rings. The van der Waals surface area contributed by atoms with Crippen molar-refractivity contribution < 1.29 is 9.90 Å². The van der Waals surface area contributed by atoms with E-state index in [-0.39, 0.29) is 37.9 Å². The zero-order valence-corrected chi connectivity index (χ0v) is 19.2. The SMILES string of the molecule is CN(CC(=O)Nc1ccc(CC#N)cc1)CC(O)Cn1c(=O)c2ccccc2n(C)c1=O.Cl. The molecule has 33 heavy (non-hydrogen) atoms. The minimum Gasteiger partial charge on any atom is -0.390 e. The van der Waals surface area contributed by atoms with Crippen molar-refractivity contribution in [3.63, 3.8) is 0 Å². The lowest BCUT2D eigenvalue weighted by Gasteiger charge is -2.21. The molecule has 1 atom stereocenters. The summed E-state index contributed by atoms with van der Waals surface area (Å²) in [6.07, 6.45) is -0.720. The fraction of sp³-hybridized carbons (Fsp3) is 0.304. The molecule has 1 heterocycles. The van der Waals surface area contributed by atoms with Gasteiger partial charge in [-0.3, -0.25) is 23.6 Å². The van der Waals surface area contributed by atoms with Crippen LogP contribution < -0.4 is 16.6 Å². The second-order valence-electron chi connectivity index (χ2n) is 7.71. The Morgan fingerprint density at radius 1 is 1.18 bits per heavy atom. The highest BCUT2D eigenvalue weighted by Gasteiger charge is 2.17. The minimum absolute atomic E-state index is 0. The van der Waals surface area contributed by atoms with Gasteiger partial charge in [0.2, 0.25) is 5.91 Å². The molecule has 10 heteroatoms. The lowest BCUT2D eigenvalue weighted by molar-refractivity contribution is -0.117. The molecule has 2 aromatic carbocycles. The summed E-state index contributed by atoms with van der Waals surface area (Å²) in [6.45, 7) is -0.0682. The van der Waals surface area contributed by atoms with Crippen LogP contribution in [0.1, 0.15) is 5.56 Å². The Balaban J connectivity index is 0.00000385. The van der Waals surface area contributed by atoms with Gasteiger partial charge < -0.3 is 10.4 Å². The normalized spacial score (nSPS) is 11.6. The van der Waals surface area contributed by atoms with E-state index in [1.807, 2.05) is 0 Å². The molecule has 9 nitrogen and oxygen atoms in total. The van der Waals surface area contributed by atoms with Crippen molar-refractivity contribution in [3.8, 4) is 6.07 Å². The van der Waals surface area contributed by atoms with Crippen molar-refractivity contribution in [2.75, 3.05) is 25.5 Å². The molecular weight excluding hydrogens is 446 g/mol. The lowest BCUT2D eigenvalue weighted by Crippen LogP contribution is -2.44. The lowest BCUT2D eigenvalue weighted by atomic mass is 10.1.